The van der Waals surface area contributed by atoms with Crippen LogP contribution in [0.3, 0.4) is 0 Å². The summed E-state index contributed by atoms with van der Waals surface area (Å²) >= 11 is 0. The van der Waals surface area contributed by atoms with Crippen LogP contribution < -0.4 is 10.1 Å². The number of ether oxygens (including phenoxy) is 1. The molecule has 2 aliphatic rings. The van der Waals surface area contributed by atoms with Gasteiger partial charge in [0, 0.05) is 24.7 Å². The largest absolute Gasteiger partial charge is 0.573 e. The van der Waals surface area contributed by atoms with Crippen molar-refractivity contribution in [3.05, 3.63) is 29.8 Å². The van der Waals surface area contributed by atoms with E-state index >= 15 is 0 Å². The van der Waals surface area contributed by atoms with E-state index in [1.165, 1.54) is 25.0 Å². The Morgan fingerprint density at radius 2 is 1.73 bits per heavy atom. The van der Waals surface area contributed by atoms with Gasteiger partial charge in [-0.25, -0.2) is 0 Å². The van der Waals surface area contributed by atoms with Crippen LogP contribution in [0.1, 0.15) is 31.2 Å². The van der Waals surface area contributed by atoms with Crippen molar-refractivity contribution in [1.82, 2.24) is 10.2 Å². The van der Waals surface area contributed by atoms with Crippen LogP contribution in [0.5, 0.6) is 5.75 Å². The summed E-state index contributed by atoms with van der Waals surface area (Å²) in [6.07, 6.45) is 0.203. The van der Waals surface area contributed by atoms with E-state index in [-0.39, 0.29) is 5.75 Å². The van der Waals surface area contributed by atoms with Crippen LogP contribution in [0.2, 0.25) is 0 Å². The third kappa shape index (κ3) is 3.93. The molecule has 3 rings (SSSR count). The Morgan fingerprint density at radius 3 is 2.27 bits per heavy atom. The number of fused-ring (bicyclic) bond motifs is 2. The summed E-state index contributed by atoms with van der Waals surface area (Å²) in [5.74, 6) is -0.168. The molecule has 2 aliphatic heterocycles. The fourth-order valence-corrected chi connectivity index (χ4v) is 3.60. The SMILES string of the molecule is CN(Cc1ccc(OC(F)(F)F)cc1)C1CC2CCC(C1)N2. The van der Waals surface area contributed by atoms with Crippen molar-refractivity contribution < 1.29 is 17.9 Å². The molecule has 6 heteroatoms. The van der Waals surface area contributed by atoms with Crippen molar-refractivity contribution in [3.63, 3.8) is 0 Å². The highest BCUT2D eigenvalue weighted by molar-refractivity contribution is 5.27. The maximum absolute atomic E-state index is 12.1. The summed E-state index contributed by atoms with van der Waals surface area (Å²) in [7, 11) is 2.09. The Balaban J connectivity index is 1.56. The van der Waals surface area contributed by atoms with E-state index in [0.29, 0.717) is 18.1 Å². The van der Waals surface area contributed by atoms with Gasteiger partial charge in [-0.15, -0.1) is 13.2 Å². The number of halogens is 3. The number of nitrogens with zero attached hydrogens (tertiary/aromatic N) is 1. The standard InChI is InChI=1S/C16H21F3N2O/c1-21(14-8-12-4-5-13(9-14)20-12)10-11-2-6-15(7-3-11)22-16(17,18)19/h2-3,6-7,12-14,20H,4-5,8-10H2,1H3. The van der Waals surface area contributed by atoms with Gasteiger partial charge in [-0.2, -0.15) is 0 Å². The molecule has 122 valence electrons. The number of alkyl halides is 3. The van der Waals surface area contributed by atoms with E-state index in [1.54, 1.807) is 12.1 Å². The summed E-state index contributed by atoms with van der Waals surface area (Å²) in [5, 5.41) is 3.62. The first kappa shape index (κ1) is 15.6. The molecule has 0 saturated carbocycles. The summed E-state index contributed by atoms with van der Waals surface area (Å²) in [6.45, 7) is 0.746. The first-order valence-corrected chi connectivity index (χ1v) is 7.70. The highest BCUT2D eigenvalue weighted by Crippen LogP contribution is 2.30. The van der Waals surface area contributed by atoms with Crippen LogP contribution in [0, 0.1) is 0 Å². The Kier molecular flexibility index (Phi) is 4.32. The molecule has 1 N–H and O–H groups in total. The van der Waals surface area contributed by atoms with Gasteiger partial charge in [-0.1, -0.05) is 12.1 Å². The van der Waals surface area contributed by atoms with Gasteiger partial charge in [0.25, 0.3) is 0 Å². The predicted octanol–water partition coefficient (Wildman–Crippen LogP) is 3.30. The Morgan fingerprint density at radius 1 is 1.14 bits per heavy atom. The molecule has 0 aliphatic carbocycles. The van der Waals surface area contributed by atoms with Gasteiger partial charge >= 0.3 is 6.36 Å². The Hall–Kier alpha value is -1.27. The highest BCUT2D eigenvalue weighted by Gasteiger charge is 2.35. The molecule has 2 fully saturated rings. The van der Waals surface area contributed by atoms with Crippen molar-refractivity contribution in [3.8, 4) is 5.75 Å². The van der Waals surface area contributed by atoms with Crippen molar-refractivity contribution in [2.75, 3.05) is 7.05 Å². The van der Waals surface area contributed by atoms with Crippen molar-refractivity contribution in [1.29, 1.82) is 0 Å². The molecule has 2 saturated heterocycles. The third-order valence-corrected chi connectivity index (χ3v) is 4.66. The van der Waals surface area contributed by atoms with Gasteiger partial charge in [0.05, 0.1) is 0 Å². The minimum absolute atomic E-state index is 0.168. The minimum atomic E-state index is -4.63. The van der Waals surface area contributed by atoms with E-state index in [4.69, 9.17) is 0 Å². The summed E-state index contributed by atoms with van der Waals surface area (Å²) in [4.78, 5) is 2.31. The lowest BCUT2D eigenvalue weighted by Crippen LogP contribution is -2.46. The first-order valence-electron chi connectivity index (χ1n) is 7.70. The molecule has 0 aromatic heterocycles. The Bertz CT molecular complexity index is 491. The van der Waals surface area contributed by atoms with Crippen LogP contribution in [0.4, 0.5) is 13.2 Å². The van der Waals surface area contributed by atoms with Gasteiger partial charge < -0.3 is 10.1 Å². The van der Waals surface area contributed by atoms with E-state index < -0.39 is 6.36 Å². The fraction of sp³-hybridized carbons (Fsp3) is 0.625. The second kappa shape index (κ2) is 6.08. The number of rotatable bonds is 4. The highest BCUT2D eigenvalue weighted by atomic mass is 19.4. The lowest BCUT2D eigenvalue weighted by Gasteiger charge is -2.35. The molecule has 2 heterocycles. The van der Waals surface area contributed by atoms with Gasteiger partial charge in [0.1, 0.15) is 5.75 Å². The summed E-state index contributed by atoms with van der Waals surface area (Å²) < 4.78 is 40.3. The maximum Gasteiger partial charge on any atom is 0.573 e. The molecule has 2 unspecified atom stereocenters. The van der Waals surface area contributed by atoms with Crippen molar-refractivity contribution in [2.45, 2.75) is 56.7 Å². The van der Waals surface area contributed by atoms with Gasteiger partial charge in [-0.3, -0.25) is 4.90 Å². The smallest absolute Gasteiger partial charge is 0.406 e. The normalized spacial score (nSPS) is 28.1. The van der Waals surface area contributed by atoms with Gasteiger partial charge in [0.15, 0.2) is 0 Å². The summed E-state index contributed by atoms with van der Waals surface area (Å²) in [5.41, 5.74) is 1.00. The average Bonchev–Trinajstić information content (AvgIpc) is 2.78. The second-order valence-corrected chi connectivity index (χ2v) is 6.37. The number of nitrogens with one attached hydrogen (secondary N) is 1. The van der Waals surface area contributed by atoms with E-state index in [2.05, 4.69) is 22.0 Å². The number of hydrogen-bond donors (Lipinski definition) is 1. The lowest BCUT2D eigenvalue weighted by molar-refractivity contribution is -0.274. The van der Waals surface area contributed by atoms with Crippen LogP contribution in [-0.4, -0.2) is 36.4 Å². The molecular formula is C16H21F3N2O. The maximum atomic E-state index is 12.1. The van der Waals surface area contributed by atoms with Crippen molar-refractivity contribution >= 4 is 0 Å². The lowest BCUT2D eigenvalue weighted by atomic mass is 9.98. The van der Waals surface area contributed by atoms with Gasteiger partial charge in [-0.05, 0) is 50.4 Å². The zero-order chi connectivity index (χ0) is 15.7. The zero-order valence-corrected chi connectivity index (χ0v) is 12.6. The number of benzene rings is 1. The van der Waals surface area contributed by atoms with Crippen LogP contribution >= 0.6 is 0 Å². The van der Waals surface area contributed by atoms with E-state index in [0.717, 1.165) is 24.9 Å². The molecule has 1 aromatic rings. The second-order valence-electron chi connectivity index (χ2n) is 6.37. The molecule has 0 spiro atoms. The monoisotopic (exact) mass is 314 g/mol. The molecule has 0 amide bonds. The molecule has 22 heavy (non-hydrogen) atoms. The molecule has 2 atom stereocenters. The van der Waals surface area contributed by atoms with Crippen LogP contribution in [0.25, 0.3) is 0 Å². The number of piperidine rings is 1. The Labute approximate surface area is 128 Å². The quantitative estimate of drug-likeness (QED) is 0.923. The van der Waals surface area contributed by atoms with Crippen LogP contribution in [-0.2, 0) is 6.54 Å². The summed E-state index contributed by atoms with van der Waals surface area (Å²) in [6, 6.07) is 7.97. The van der Waals surface area contributed by atoms with Crippen LogP contribution in [0.15, 0.2) is 24.3 Å². The molecule has 3 nitrogen and oxygen atoms in total. The van der Waals surface area contributed by atoms with Gasteiger partial charge in [0.2, 0.25) is 0 Å². The van der Waals surface area contributed by atoms with Crippen molar-refractivity contribution in [2.24, 2.45) is 0 Å². The molecule has 1 aromatic carbocycles. The average molecular weight is 314 g/mol. The van der Waals surface area contributed by atoms with E-state index in [1.807, 2.05) is 0 Å². The number of hydrogen-bond acceptors (Lipinski definition) is 3. The predicted molar refractivity (Wildman–Crippen MR) is 77.6 cm³/mol. The van der Waals surface area contributed by atoms with E-state index in [9.17, 15) is 13.2 Å². The fourth-order valence-electron chi connectivity index (χ4n) is 3.60. The third-order valence-electron chi connectivity index (χ3n) is 4.66. The zero-order valence-electron chi connectivity index (χ0n) is 12.6. The molecule has 2 bridgehead atoms. The molecule has 0 radical (unpaired) electrons. The minimum Gasteiger partial charge on any atom is -0.406 e. The molecular weight excluding hydrogens is 293 g/mol. The first-order chi connectivity index (χ1) is 10.4. The topological polar surface area (TPSA) is 24.5 Å².